The molecule has 6 nitrogen and oxygen atoms in total. The van der Waals surface area contributed by atoms with E-state index >= 15 is 0 Å². The lowest BCUT2D eigenvalue weighted by Gasteiger charge is -2.23. The lowest BCUT2D eigenvalue weighted by atomic mass is 10.0. The van der Waals surface area contributed by atoms with Gasteiger partial charge in [0.15, 0.2) is 0 Å². The van der Waals surface area contributed by atoms with Gasteiger partial charge in [0.25, 0.3) is 0 Å². The molecule has 6 heteroatoms. The molecule has 0 amide bonds. The molecule has 160 valence electrons. The highest BCUT2D eigenvalue weighted by molar-refractivity contribution is 5.26. The predicted molar refractivity (Wildman–Crippen MR) is 119 cm³/mol. The van der Waals surface area contributed by atoms with E-state index in [0.29, 0.717) is 13.1 Å². The normalized spacial score (nSPS) is 13.3. The molecule has 0 unspecified atom stereocenters. The van der Waals surface area contributed by atoms with Crippen LogP contribution in [0.5, 0.6) is 5.75 Å². The van der Waals surface area contributed by atoms with Crippen LogP contribution >= 0.6 is 0 Å². The van der Waals surface area contributed by atoms with E-state index in [0.717, 1.165) is 38.9 Å². The molecule has 0 saturated carbocycles. The molecule has 0 radical (unpaired) electrons. The highest BCUT2D eigenvalue weighted by Gasteiger charge is 2.13. The van der Waals surface area contributed by atoms with Crippen molar-refractivity contribution < 1.29 is 10.2 Å². The van der Waals surface area contributed by atoms with E-state index in [2.05, 4.69) is 40.2 Å². The van der Waals surface area contributed by atoms with Crippen molar-refractivity contribution in [2.24, 2.45) is 5.73 Å². The first-order valence-electron chi connectivity index (χ1n) is 10.5. The molecule has 0 saturated heterocycles. The molecule has 29 heavy (non-hydrogen) atoms. The van der Waals surface area contributed by atoms with Gasteiger partial charge in [-0.25, -0.2) is 0 Å². The number of aryl methyl sites for hydroxylation is 1. The number of rotatable bonds is 15. The van der Waals surface area contributed by atoms with Crippen molar-refractivity contribution in [2.75, 3.05) is 39.3 Å². The summed E-state index contributed by atoms with van der Waals surface area (Å²) in [5.74, 6) is 0.283. The predicted octanol–water partition coefficient (Wildman–Crippen LogP) is 1.02. The van der Waals surface area contributed by atoms with Gasteiger partial charge in [-0.1, -0.05) is 42.5 Å². The summed E-state index contributed by atoms with van der Waals surface area (Å²) in [5.41, 5.74) is 8.04. The molecule has 0 aliphatic rings. The number of phenols is 1. The number of benzene rings is 2. The molecule has 2 aromatic rings. The number of aliphatic hydroxyl groups is 1. The van der Waals surface area contributed by atoms with E-state index in [1.165, 1.54) is 11.1 Å². The number of nitrogens with one attached hydrogen (secondary N) is 3. The van der Waals surface area contributed by atoms with Gasteiger partial charge in [0, 0.05) is 38.3 Å². The van der Waals surface area contributed by atoms with Crippen molar-refractivity contribution in [2.45, 2.75) is 31.3 Å². The fourth-order valence-electron chi connectivity index (χ4n) is 3.26. The Bertz CT molecular complexity index is 652. The number of aliphatic hydroxyl groups excluding tert-OH is 1. The van der Waals surface area contributed by atoms with Gasteiger partial charge < -0.3 is 31.9 Å². The largest absolute Gasteiger partial charge is 0.508 e. The minimum atomic E-state index is -0.00464. The summed E-state index contributed by atoms with van der Waals surface area (Å²) in [5, 5.41) is 29.5. The van der Waals surface area contributed by atoms with E-state index in [1.807, 2.05) is 18.2 Å². The molecule has 0 heterocycles. The van der Waals surface area contributed by atoms with Crippen molar-refractivity contribution in [1.82, 2.24) is 16.0 Å². The highest BCUT2D eigenvalue weighted by Crippen LogP contribution is 2.11. The first kappa shape index (κ1) is 23.3. The molecule has 0 aromatic heterocycles. The van der Waals surface area contributed by atoms with Crippen molar-refractivity contribution in [3.63, 3.8) is 0 Å². The van der Waals surface area contributed by atoms with Gasteiger partial charge in [0.1, 0.15) is 5.75 Å². The fourth-order valence-corrected chi connectivity index (χ4v) is 3.26. The summed E-state index contributed by atoms with van der Waals surface area (Å²) in [7, 11) is 0. The topological polar surface area (TPSA) is 103 Å². The summed E-state index contributed by atoms with van der Waals surface area (Å²) in [4.78, 5) is 0. The number of nitrogens with two attached hydrogens (primary N) is 1. The summed E-state index contributed by atoms with van der Waals surface area (Å²) in [6.45, 7) is 3.78. The lowest BCUT2D eigenvalue weighted by Crippen LogP contribution is -2.49. The second kappa shape index (κ2) is 14.1. The zero-order valence-corrected chi connectivity index (χ0v) is 17.2. The molecule has 2 aromatic carbocycles. The number of phenolic OH excluding ortho intramolecular Hbond substituents is 1. The molecule has 2 atom stereocenters. The third-order valence-electron chi connectivity index (χ3n) is 4.92. The van der Waals surface area contributed by atoms with E-state index in [4.69, 9.17) is 5.73 Å². The quantitative estimate of drug-likeness (QED) is 0.250. The van der Waals surface area contributed by atoms with Crippen molar-refractivity contribution in [3.05, 3.63) is 65.7 Å². The number of hydrogen-bond donors (Lipinski definition) is 6. The zero-order chi connectivity index (χ0) is 20.7. The molecular weight excluding hydrogens is 364 g/mol. The maximum absolute atomic E-state index is 9.62. The average Bonchev–Trinajstić information content (AvgIpc) is 2.75. The third-order valence-corrected chi connectivity index (χ3v) is 4.92. The van der Waals surface area contributed by atoms with E-state index < -0.39 is 0 Å². The molecule has 0 aliphatic heterocycles. The minimum absolute atomic E-state index is 0.00464. The van der Waals surface area contributed by atoms with Crippen LogP contribution in [0.15, 0.2) is 54.6 Å². The number of hydrogen-bond acceptors (Lipinski definition) is 6. The highest BCUT2D eigenvalue weighted by atomic mass is 16.3. The maximum Gasteiger partial charge on any atom is 0.115 e. The van der Waals surface area contributed by atoms with Crippen LogP contribution in [0.2, 0.25) is 0 Å². The molecule has 0 bridgehead atoms. The van der Waals surface area contributed by atoms with E-state index in [-0.39, 0.29) is 24.4 Å². The van der Waals surface area contributed by atoms with Gasteiger partial charge in [0.2, 0.25) is 0 Å². The van der Waals surface area contributed by atoms with Crippen LogP contribution in [0.3, 0.4) is 0 Å². The van der Waals surface area contributed by atoms with Crippen molar-refractivity contribution in [3.8, 4) is 5.75 Å². The Hall–Kier alpha value is -1.96. The Labute approximate surface area is 174 Å². The van der Waals surface area contributed by atoms with E-state index in [9.17, 15) is 10.2 Å². The molecule has 0 fully saturated rings. The second-order valence-corrected chi connectivity index (χ2v) is 7.39. The Morgan fingerprint density at radius 1 is 0.828 bits per heavy atom. The fraction of sp³-hybridized carbons (Fsp3) is 0.478. The third kappa shape index (κ3) is 9.87. The van der Waals surface area contributed by atoms with Crippen molar-refractivity contribution >= 4 is 0 Å². The number of aromatic hydroxyl groups is 1. The van der Waals surface area contributed by atoms with Gasteiger partial charge in [-0.2, -0.15) is 0 Å². The van der Waals surface area contributed by atoms with Crippen LogP contribution in [-0.4, -0.2) is 61.6 Å². The zero-order valence-electron chi connectivity index (χ0n) is 17.2. The maximum atomic E-state index is 9.62. The first-order chi connectivity index (χ1) is 14.2. The summed E-state index contributed by atoms with van der Waals surface area (Å²) >= 11 is 0. The Morgan fingerprint density at radius 2 is 1.59 bits per heavy atom. The summed E-state index contributed by atoms with van der Waals surface area (Å²) in [6, 6.07) is 18.1. The van der Waals surface area contributed by atoms with Gasteiger partial charge in [-0.15, -0.1) is 0 Å². The van der Waals surface area contributed by atoms with Gasteiger partial charge >= 0.3 is 0 Å². The van der Waals surface area contributed by atoms with Gasteiger partial charge in [0.05, 0.1) is 6.61 Å². The molecule has 0 spiro atoms. The Kier molecular flexibility index (Phi) is 11.3. The first-order valence-corrected chi connectivity index (χ1v) is 10.5. The van der Waals surface area contributed by atoms with Crippen LogP contribution in [0.4, 0.5) is 0 Å². The Morgan fingerprint density at radius 3 is 2.28 bits per heavy atom. The SMILES string of the molecule is NCCNC[C@H](CO)NC[C@@H](Cc1ccc(O)cc1)NCCCc1ccccc1. The minimum Gasteiger partial charge on any atom is -0.508 e. The van der Waals surface area contributed by atoms with E-state index in [1.54, 1.807) is 12.1 Å². The Balaban J connectivity index is 1.83. The van der Waals surface area contributed by atoms with Crippen LogP contribution in [-0.2, 0) is 12.8 Å². The van der Waals surface area contributed by atoms with Crippen LogP contribution < -0.4 is 21.7 Å². The monoisotopic (exact) mass is 400 g/mol. The average molecular weight is 401 g/mol. The smallest absolute Gasteiger partial charge is 0.115 e. The molecule has 7 N–H and O–H groups in total. The standard InChI is InChI=1S/C23H36N4O2/c24-12-14-25-16-22(18-28)27-17-21(15-20-8-10-23(29)11-9-20)26-13-4-7-19-5-2-1-3-6-19/h1-3,5-6,8-11,21-22,25-29H,4,7,12-18,24H2/t21-,22-/m1/s1. The van der Waals surface area contributed by atoms with Gasteiger partial charge in [-0.05, 0) is 49.1 Å². The second-order valence-electron chi connectivity index (χ2n) is 7.39. The van der Waals surface area contributed by atoms with Crippen LogP contribution in [0.25, 0.3) is 0 Å². The lowest BCUT2D eigenvalue weighted by molar-refractivity contribution is 0.235. The van der Waals surface area contributed by atoms with Crippen molar-refractivity contribution in [1.29, 1.82) is 0 Å². The van der Waals surface area contributed by atoms with Gasteiger partial charge in [-0.3, -0.25) is 0 Å². The molecular formula is C23H36N4O2. The molecule has 0 aliphatic carbocycles. The molecule has 2 rings (SSSR count). The van der Waals surface area contributed by atoms with Crippen LogP contribution in [0, 0.1) is 0 Å². The summed E-state index contributed by atoms with van der Waals surface area (Å²) in [6.07, 6.45) is 2.97. The summed E-state index contributed by atoms with van der Waals surface area (Å²) < 4.78 is 0. The van der Waals surface area contributed by atoms with Crippen LogP contribution in [0.1, 0.15) is 17.5 Å².